The minimum absolute atomic E-state index is 0. The summed E-state index contributed by atoms with van der Waals surface area (Å²) >= 11 is 0. The molecule has 0 aromatic carbocycles. The molecule has 2 nitrogen and oxygen atoms in total. The molecule has 0 heterocycles. The summed E-state index contributed by atoms with van der Waals surface area (Å²) in [5, 5.41) is 0. The summed E-state index contributed by atoms with van der Waals surface area (Å²) in [5.41, 5.74) is 0. The van der Waals surface area contributed by atoms with Crippen LogP contribution in [0.2, 0.25) is 0 Å². The zero-order chi connectivity index (χ0) is 0. The second-order valence-electron chi connectivity index (χ2n) is 0. The SMILES string of the molecule is [Cl-].[Cl-].[Mg+2].[Mg+2].[OH-].[OH-]. The largest absolute Gasteiger partial charge is 2.00 e. The smallest absolute Gasteiger partial charge is 1.00 e. The van der Waals surface area contributed by atoms with E-state index >= 15 is 0 Å². The Morgan fingerprint density at radius 2 is 0.500 bits per heavy atom. The number of hydrogen-bond acceptors (Lipinski definition) is 2. The van der Waals surface area contributed by atoms with Gasteiger partial charge in [0.2, 0.25) is 0 Å². The summed E-state index contributed by atoms with van der Waals surface area (Å²) in [6, 6.07) is 0. The Balaban J connectivity index is 0. The van der Waals surface area contributed by atoms with Crippen molar-refractivity contribution in [1.29, 1.82) is 0 Å². The van der Waals surface area contributed by atoms with Gasteiger partial charge in [-0.1, -0.05) is 0 Å². The van der Waals surface area contributed by atoms with Crippen molar-refractivity contribution in [3.63, 3.8) is 0 Å². The normalized spacial score (nSPS) is 0. The third-order valence-corrected chi connectivity index (χ3v) is 0. The second-order valence-corrected chi connectivity index (χ2v) is 0. The monoisotopic (exact) mass is 152 g/mol. The van der Waals surface area contributed by atoms with Crippen LogP contribution in [0.25, 0.3) is 0 Å². The zero-order valence-corrected chi connectivity index (χ0v) is 7.40. The number of halogens is 2. The van der Waals surface area contributed by atoms with E-state index < -0.39 is 0 Å². The van der Waals surface area contributed by atoms with Crippen molar-refractivity contribution in [3.05, 3.63) is 0 Å². The summed E-state index contributed by atoms with van der Waals surface area (Å²) in [6.45, 7) is 0. The zero-order valence-electron chi connectivity index (χ0n) is 3.06. The fourth-order valence-electron chi connectivity index (χ4n) is 0. The van der Waals surface area contributed by atoms with Gasteiger partial charge in [-0.2, -0.15) is 0 Å². The average Bonchev–Trinajstić information content (AvgIpc) is 0. The molecule has 0 unspecified atom stereocenters. The molecule has 0 aromatic heterocycles. The average molecular weight is 154 g/mol. The molecule has 0 aliphatic carbocycles. The maximum absolute atomic E-state index is 0. The van der Waals surface area contributed by atoms with E-state index in [1.165, 1.54) is 0 Å². The number of rotatable bonds is 0. The first-order valence-corrected chi connectivity index (χ1v) is 0. The van der Waals surface area contributed by atoms with Crippen molar-refractivity contribution < 1.29 is 35.8 Å². The first kappa shape index (κ1) is 96.2. The van der Waals surface area contributed by atoms with E-state index in [-0.39, 0.29) is 81.9 Å². The van der Waals surface area contributed by atoms with Gasteiger partial charge in [-0.3, -0.25) is 0 Å². The molecule has 0 saturated carbocycles. The first-order chi connectivity index (χ1) is 0. The maximum atomic E-state index is 0. The fraction of sp³-hybridized carbons (Fsp3) is 0. The molecular formula is H2Cl2Mg2O2. The van der Waals surface area contributed by atoms with Crippen molar-refractivity contribution in [2.45, 2.75) is 0 Å². The van der Waals surface area contributed by atoms with Gasteiger partial charge >= 0.3 is 46.1 Å². The van der Waals surface area contributed by atoms with Crippen molar-refractivity contribution in [2.24, 2.45) is 0 Å². The van der Waals surface area contributed by atoms with Gasteiger partial charge in [0.05, 0.1) is 0 Å². The van der Waals surface area contributed by atoms with Gasteiger partial charge in [-0.25, -0.2) is 0 Å². The van der Waals surface area contributed by atoms with Gasteiger partial charge in [0.25, 0.3) is 0 Å². The third-order valence-electron chi connectivity index (χ3n) is 0. The Bertz CT molecular complexity index is 9.51. The van der Waals surface area contributed by atoms with Gasteiger partial charge in [-0.15, -0.1) is 0 Å². The molecule has 2 N–H and O–H groups in total. The molecule has 6 heavy (non-hydrogen) atoms. The van der Waals surface area contributed by atoms with Gasteiger partial charge < -0.3 is 35.8 Å². The molecule has 0 rings (SSSR count). The Morgan fingerprint density at radius 1 is 0.500 bits per heavy atom. The van der Waals surface area contributed by atoms with E-state index in [2.05, 4.69) is 0 Å². The third kappa shape index (κ3) is 37.0. The van der Waals surface area contributed by atoms with Crippen LogP contribution in [0.1, 0.15) is 0 Å². The standard InChI is InChI=1S/2ClH.2Mg.2H2O/h2*1H;;;2*1H2/q;;2*+2;;/p-4. The van der Waals surface area contributed by atoms with Gasteiger partial charge in [-0.05, 0) is 0 Å². The van der Waals surface area contributed by atoms with E-state index in [1.54, 1.807) is 0 Å². The molecule has 0 spiro atoms. The van der Waals surface area contributed by atoms with E-state index in [4.69, 9.17) is 0 Å². The summed E-state index contributed by atoms with van der Waals surface area (Å²) < 4.78 is 0. The van der Waals surface area contributed by atoms with Crippen LogP contribution in [0.4, 0.5) is 0 Å². The Kier molecular flexibility index (Phi) is 993. The van der Waals surface area contributed by atoms with Crippen LogP contribution in [0, 0.1) is 0 Å². The van der Waals surface area contributed by atoms with Gasteiger partial charge in [0.1, 0.15) is 0 Å². The molecule has 0 atom stereocenters. The Morgan fingerprint density at radius 3 is 0.500 bits per heavy atom. The van der Waals surface area contributed by atoms with Crippen molar-refractivity contribution in [2.75, 3.05) is 0 Å². The van der Waals surface area contributed by atoms with Crippen LogP contribution in [-0.4, -0.2) is 57.1 Å². The minimum Gasteiger partial charge on any atom is -1.00 e. The predicted octanol–water partition coefficient (Wildman–Crippen LogP) is -7.11. The molecule has 0 amide bonds. The Hall–Kier alpha value is 2.03. The minimum atomic E-state index is 0. The van der Waals surface area contributed by atoms with Gasteiger partial charge in [0.15, 0.2) is 0 Å². The topological polar surface area (TPSA) is 60.0 Å². The summed E-state index contributed by atoms with van der Waals surface area (Å²) in [5.74, 6) is 0. The van der Waals surface area contributed by atoms with E-state index in [9.17, 15) is 0 Å². The molecule has 0 aromatic rings. The predicted molar refractivity (Wildman–Crippen MR) is 15.4 cm³/mol. The number of hydrogen-bond donors (Lipinski definition) is 0. The molecule has 6 heteroatoms. The summed E-state index contributed by atoms with van der Waals surface area (Å²) in [6.07, 6.45) is 0. The van der Waals surface area contributed by atoms with Crippen LogP contribution in [0.3, 0.4) is 0 Å². The van der Waals surface area contributed by atoms with Crippen molar-refractivity contribution >= 4 is 46.1 Å². The van der Waals surface area contributed by atoms with Crippen LogP contribution in [0.5, 0.6) is 0 Å². The molecule has 0 radical (unpaired) electrons. The molecule has 0 fully saturated rings. The van der Waals surface area contributed by atoms with Crippen LogP contribution >= 0.6 is 0 Å². The van der Waals surface area contributed by atoms with E-state index in [1.807, 2.05) is 0 Å². The Labute approximate surface area is 81.2 Å². The van der Waals surface area contributed by atoms with Crippen LogP contribution < -0.4 is 24.8 Å². The van der Waals surface area contributed by atoms with Crippen LogP contribution in [-0.2, 0) is 0 Å². The van der Waals surface area contributed by atoms with E-state index in [0.29, 0.717) is 0 Å². The molecule has 0 saturated heterocycles. The second kappa shape index (κ2) is 62.0. The van der Waals surface area contributed by atoms with Crippen molar-refractivity contribution in [1.82, 2.24) is 0 Å². The van der Waals surface area contributed by atoms with E-state index in [0.717, 1.165) is 0 Å². The first-order valence-electron chi connectivity index (χ1n) is 0. The molecule has 0 bridgehead atoms. The van der Waals surface area contributed by atoms with Crippen molar-refractivity contribution in [3.8, 4) is 0 Å². The molecular weight excluding hydrogens is 152 g/mol. The van der Waals surface area contributed by atoms with Crippen LogP contribution in [0.15, 0.2) is 0 Å². The summed E-state index contributed by atoms with van der Waals surface area (Å²) in [4.78, 5) is 0. The fourth-order valence-corrected chi connectivity index (χ4v) is 0. The maximum Gasteiger partial charge on any atom is 2.00 e. The summed E-state index contributed by atoms with van der Waals surface area (Å²) in [7, 11) is 0. The van der Waals surface area contributed by atoms with Gasteiger partial charge in [0, 0.05) is 0 Å². The molecule has 0 aliphatic rings. The molecule has 32 valence electrons. The quantitative estimate of drug-likeness (QED) is 0.325. The molecule has 0 aliphatic heterocycles.